The molecular formula is C21H16F3N3O2. The van der Waals surface area contributed by atoms with E-state index >= 15 is 0 Å². The van der Waals surface area contributed by atoms with Gasteiger partial charge in [0.25, 0.3) is 11.8 Å². The van der Waals surface area contributed by atoms with Crippen molar-refractivity contribution < 1.29 is 22.8 Å². The van der Waals surface area contributed by atoms with Gasteiger partial charge in [-0.05, 0) is 43.3 Å². The average Bonchev–Trinajstić information content (AvgIpc) is 2.69. The van der Waals surface area contributed by atoms with Crippen LogP contribution in [0.4, 0.5) is 24.5 Å². The molecule has 0 aliphatic heterocycles. The number of aromatic nitrogens is 1. The average molecular weight is 399 g/mol. The summed E-state index contributed by atoms with van der Waals surface area (Å²) in [4.78, 5) is 28.7. The van der Waals surface area contributed by atoms with Gasteiger partial charge < -0.3 is 10.6 Å². The van der Waals surface area contributed by atoms with Crippen molar-refractivity contribution in [2.24, 2.45) is 0 Å². The lowest BCUT2D eigenvalue weighted by molar-refractivity contribution is -0.136. The third-order valence-corrected chi connectivity index (χ3v) is 4.04. The molecule has 0 bridgehead atoms. The van der Waals surface area contributed by atoms with Gasteiger partial charge in [0, 0.05) is 17.4 Å². The number of aryl methyl sites for hydroxylation is 1. The van der Waals surface area contributed by atoms with E-state index in [-0.39, 0.29) is 16.9 Å². The molecular weight excluding hydrogens is 383 g/mol. The Bertz CT molecular complexity index is 1050. The minimum atomic E-state index is -4.61. The first-order chi connectivity index (χ1) is 13.7. The quantitative estimate of drug-likeness (QED) is 0.655. The summed E-state index contributed by atoms with van der Waals surface area (Å²) in [5.41, 5.74) is 0.218. The molecule has 0 saturated heterocycles. The number of carbonyl (C=O) groups excluding carboxylic acids is 2. The zero-order valence-corrected chi connectivity index (χ0v) is 15.2. The zero-order valence-electron chi connectivity index (χ0n) is 15.2. The lowest BCUT2D eigenvalue weighted by Gasteiger charge is -2.13. The molecule has 0 aliphatic carbocycles. The molecule has 0 atom stereocenters. The first-order valence-electron chi connectivity index (χ1n) is 8.56. The number of alkyl halides is 3. The molecule has 5 nitrogen and oxygen atoms in total. The van der Waals surface area contributed by atoms with Crippen LogP contribution in [0.3, 0.4) is 0 Å². The highest BCUT2D eigenvalue weighted by Gasteiger charge is 2.33. The Morgan fingerprint density at radius 2 is 1.59 bits per heavy atom. The van der Waals surface area contributed by atoms with E-state index in [1.54, 1.807) is 12.1 Å². The molecule has 0 spiro atoms. The summed E-state index contributed by atoms with van der Waals surface area (Å²) in [6.45, 7) is 1.91. The van der Waals surface area contributed by atoms with Crippen LogP contribution in [0.25, 0.3) is 0 Å². The highest BCUT2D eigenvalue weighted by atomic mass is 19.4. The van der Waals surface area contributed by atoms with Crippen LogP contribution in [0.2, 0.25) is 0 Å². The van der Waals surface area contributed by atoms with Crippen LogP contribution in [0.1, 0.15) is 32.0 Å². The van der Waals surface area contributed by atoms with Crippen molar-refractivity contribution >= 4 is 23.2 Å². The van der Waals surface area contributed by atoms with Crippen LogP contribution in [-0.4, -0.2) is 16.8 Å². The normalized spacial score (nSPS) is 11.0. The van der Waals surface area contributed by atoms with Crippen LogP contribution >= 0.6 is 0 Å². The predicted octanol–water partition coefficient (Wildman–Crippen LogP) is 4.91. The highest BCUT2D eigenvalue weighted by Crippen LogP contribution is 2.34. The summed E-state index contributed by atoms with van der Waals surface area (Å²) in [6.07, 6.45) is -3.37. The van der Waals surface area contributed by atoms with Gasteiger partial charge in [-0.2, -0.15) is 13.2 Å². The largest absolute Gasteiger partial charge is 0.418 e. The Morgan fingerprint density at radius 1 is 0.897 bits per heavy atom. The summed E-state index contributed by atoms with van der Waals surface area (Å²) >= 11 is 0. The minimum Gasteiger partial charge on any atom is -0.321 e. The Kier molecular flexibility index (Phi) is 5.63. The number of para-hydroxylation sites is 1. The molecule has 29 heavy (non-hydrogen) atoms. The minimum absolute atomic E-state index is 0.00559. The van der Waals surface area contributed by atoms with Gasteiger partial charge in [-0.3, -0.25) is 14.6 Å². The van der Waals surface area contributed by atoms with Crippen molar-refractivity contribution in [3.05, 3.63) is 89.2 Å². The van der Waals surface area contributed by atoms with E-state index in [9.17, 15) is 22.8 Å². The molecule has 148 valence electrons. The number of nitrogens with zero attached hydrogens (tertiary/aromatic N) is 1. The molecule has 3 aromatic rings. The molecule has 0 radical (unpaired) electrons. The lowest BCUT2D eigenvalue weighted by Crippen LogP contribution is -2.18. The third kappa shape index (κ3) is 4.98. The van der Waals surface area contributed by atoms with E-state index in [0.29, 0.717) is 5.69 Å². The Labute approximate surface area is 164 Å². The van der Waals surface area contributed by atoms with Crippen molar-refractivity contribution in [2.75, 3.05) is 10.6 Å². The maximum absolute atomic E-state index is 13.1. The second kappa shape index (κ2) is 8.14. The van der Waals surface area contributed by atoms with E-state index < -0.39 is 23.6 Å². The highest BCUT2D eigenvalue weighted by molar-refractivity contribution is 6.08. The number of halogens is 3. The summed E-state index contributed by atoms with van der Waals surface area (Å²) in [7, 11) is 0. The summed E-state index contributed by atoms with van der Waals surface area (Å²) in [6, 6.07) is 14.3. The van der Waals surface area contributed by atoms with Gasteiger partial charge in [-0.1, -0.05) is 29.8 Å². The summed E-state index contributed by atoms with van der Waals surface area (Å²) in [5, 5.41) is 4.89. The van der Waals surface area contributed by atoms with Crippen LogP contribution < -0.4 is 10.6 Å². The number of pyridine rings is 1. The van der Waals surface area contributed by atoms with Crippen LogP contribution in [0.15, 0.2) is 66.9 Å². The smallest absolute Gasteiger partial charge is 0.321 e. The fourth-order valence-corrected chi connectivity index (χ4v) is 2.56. The van der Waals surface area contributed by atoms with Gasteiger partial charge in [0.15, 0.2) is 0 Å². The number of hydrogen-bond donors (Lipinski definition) is 2. The predicted molar refractivity (Wildman–Crippen MR) is 103 cm³/mol. The van der Waals surface area contributed by atoms with Crippen LogP contribution in [0.5, 0.6) is 0 Å². The topological polar surface area (TPSA) is 71.1 Å². The monoisotopic (exact) mass is 399 g/mol. The third-order valence-electron chi connectivity index (χ3n) is 4.04. The Hall–Kier alpha value is -3.68. The fourth-order valence-electron chi connectivity index (χ4n) is 2.56. The molecule has 0 aliphatic rings. The van der Waals surface area contributed by atoms with E-state index in [1.807, 2.05) is 19.1 Å². The number of nitrogens with one attached hydrogen (secondary N) is 2. The van der Waals surface area contributed by atoms with E-state index in [4.69, 9.17) is 0 Å². The van der Waals surface area contributed by atoms with Crippen LogP contribution in [0, 0.1) is 6.92 Å². The van der Waals surface area contributed by atoms with Crippen molar-refractivity contribution in [1.29, 1.82) is 0 Å². The Balaban J connectivity index is 1.78. The van der Waals surface area contributed by atoms with E-state index in [1.165, 1.54) is 30.5 Å². The number of amides is 2. The fraction of sp³-hybridized carbons (Fsp3) is 0.0952. The first kappa shape index (κ1) is 20.1. The SMILES string of the molecule is Cc1ccc(NC(=O)c2cc(C(=O)Nc3ccccc3C(F)(F)F)ccn2)cc1. The Morgan fingerprint density at radius 3 is 2.28 bits per heavy atom. The second-order valence-electron chi connectivity index (χ2n) is 6.25. The van der Waals surface area contributed by atoms with E-state index in [0.717, 1.165) is 17.7 Å². The number of anilines is 2. The van der Waals surface area contributed by atoms with E-state index in [2.05, 4.69) is 15.6 Å². The van der Waals surface area contributed by atoms with Crippen molar-refractivity contribution in [3.63, 3.8) is 0 Å². The molecule has 2 aromatic carbocycles. The number of benzene rings is 2. The molecule has 2 amide bonds. The molecule has 0 unspecified atom stereocenters. The number of carbonyl (C=O) groups is 2. The van der Waals surface area contributed by atoms with Gasteiger partial charge in [-0.15, -0.1) is 0 Å². The van der Waals surface area contributed by atoms with Crippen molar-refractivity contribution in [2.45, 2.75) is 13.1 Å². The maximum atomic E-state index is 13.1. The standard InChI is InChI=1S/C21H16F3N3O2/c1-13-6-8-15(9-7-13)26-20(29)18-12-14(10-11-25-18)19(28)27-17-5-3-2-4-16(17)21(22,23)24/h2-12H,1H3,(H,26,29)(H,27,28). The molecule has 0 saturated carbocycles. The van der Waals surface area contributed by atoms with Gasteiger partial charge in [0.05, 0.1) is 11.3 Å². The molecule has 0 fully saturated rings. The molecule has 1 aromatic heterocycles. The van der Waals surface area contributed by atoms with Gasteiger partial charge >= 0.3 is 6.18 Å². The lowest BCUT2D eigenvalue weighted by atomic mass is 10.1. The van der Waals surface area contributed by atoms with Crippen molar-refractivity contribution in [3.8, 4) is 0 Å². The van der Waals surface area contributed by atoms with Crippen LogP contribution in [-0.2, 0) is 6.18 Å². The molecule has 2 N–H and O–H groups in total. The molecule has 3 rings (SSSR count). The second-order valence-corrected chi connectivity index (χ2v) is 6.25. The molecule has 8 heteroatoms. The number of hydrogen-bond acceptors (Lipinski definition) is 3. The summed E-state index contributed by atoms with van der Waals surface area (Å²) in [5.74, 6) is -1.33. The first-order valence-corrected chi connectivity index (χ1v) is 8.56. The maximum Gasteiger partial charge on any atom is 0.418 e. The number of rotatable bonds is 4. The molecule has 1 heterocycles. The summed E-state index contributed by atoms with van der Waals surface area (Å²) < 4.78 is 39.3. The van der Waals surface area contributed by atoms with Gasteiger partial charge in [0.2, 0.25) is 0 Å². The van der Waals surface area contributed by atoms with Gasteiger partial charge in [-0.25, -0.2) is 0 Å². The van der Waals surface area contributed by atoms with Crippen molar-refractivity contribution in [1.82, 2.24) is 4.98 Å². The zero-order chi connectivity index (χ0) is 21.0. The van der Waals surface area contributed by atoms with Gasteiger partial charge in [0.1, 0.15) is 5.69 Å².